The van der Waals surface area contributed by atoms with Crippen molar-refractivity contribution in [2.24, 2.45) is 0 Å². The standard InChI is InChI=1S/C29H25BrF3N3O5S/c30-21-9-15(27(37)38)10-23-25(21)34-28(42-23)36-16-7-8-17(36)12-18(11-16)39-13-20-24(35-41-26(20)14-5-6-14)19-3-1-2-4-22(19)40-29(31,32)33/h1-4,9-10,14,16-18H,5-8,11-13H2,(H,37,38)/t16-,17+,18?. The Hall–Kier alpha value is -3.16. The Labute approximate surface area is 250 Å². The van der Waals surface area contributed by atoms with Gasteiger partial charge in [-0.25, -0.2) is 9.78 Å². The zero-order chi connectivity index (χ0) is 29.2. The van der Waals surface area contributed by atoms with Crippen molar-refractivity contribution in [1.29, 1.82) is 0 Å². The number of hydrogen-bond donors (Lipinski definition) is 1. The first-order valence-corrected chi connectivity index (χ1v) is 15.3. The summed E-state index contributed by atoms with van der Waals surface area (Å²) < 4.78 is 57.2. The van der Waals surface area contributed by atoms with Gasteiger partial charge < -0.3 is 24.0 Å². The van der Waals surface area contributed by atoms with Crippen molar-refractivity contribution in [1.82, 2.24) is 10.1 Å². The van der Waals surface area contributed by atoms with Gasteiger partial charge in [0.15, 0.2) is 5.13 Å². The second kappa shape index (κ2) is 10.5. The molecule has 1 unspecified atom stereocenters. The van der Waals surface area contributed by atoms with Crippen LogP contribution in [0.4, 0.5) is 18.3 Å². The first-order valence-electron chi connectivity index (χ1n) is 13.7. The highest BCUT2D eigenvalue weighted by molar-refractivity contribution is 9.10. The molecule has 2 aromatic heterocycles. The van der Waals surface area contributed by atoms with Gasteiger partial charge in [0, 0.05) is 33.6 Å². The molecule has 4 heterocycles. The number of para-hydroxylation sites is 1. The van der Waals surface area contributed by atoms with Crippen LogP contribution in [0.25, 0.3) is 21.5 Å². The number of thiazole rings is 1. The third-order valence-corrected chi connectivity index (χ3v) is 9.81. The molecule has 3 fully saturated rings. The van der Waals surface area contributed by atoms with Crippen molar-refractivity contribution in [3.8, 4) is 17.0 Å². The van der Waals surface area contributed by atoms with E-state index in [4.69, 9.17) is 14.2 Å². The van der Waals surface area contributed by atoms with E-state index in [-0.39, 0.29) is 47.6 Å². The Morgan fingerprint density at radius 2 is 1.88 bits per heavy atom. The fourth-order valence-electron chi connectivity index (χ4n) is 6.20. The molecule has 1 aliphatic carbocycles. The minimum Gasteiger partial charge on any atom is -0.478 e. The van der Waals surface area contributed by atoms with E-state index >= 15 is 0 Å². The van der Waals surface area contributed by atoms with E-state index in [0.29, 0.717) is 21.5 Å². The van der Waals surface area contributed by atoms with Gasteiger partial charge >= 0.3 is 12.3 Å². The number of fused-ring (bicyclic) bond motifs is 3. The smallest absolute Gasteiger partial charge is 0.478 e. The van der Waals surface area contributed by atoms with Crippen LogP contribution in [0.3, 0.4) is 0 Å². The average Bonchev–Trinajstić information content (AvgIpc) is 3.45. The largest absolute Gasteiger partial charge is 0.573 e. The Kier molecular flexibility index (Phi) is 6.93. The summed E-state index contributed by atoms with van der Waals surface area (Å²) in [6.07, 6.45) is 0.554. The van der Waals surface area contributed by atoms with Crippen molar-refractivity contribution in [2.75, 3.05) is 4.90 Å². The lowest BCUT2D eigenvalue weighted by molar-refractivity contribution is -0.274. The van der Waals surface area contributed by atoms with Gasteiger partial charge in [-0.2, -0.15) is 0 Å². The molecule has 4 aromatic rings. The number of carbonyl (C=O) groups is 1. The van der Waals surface area contributed by atoms with Crippen molar-refractivity contribution in [2.45, 2.75) is 75.6 Å². The van der Waals surface area contributed by atoms with E-state index in [0.717, 1.165) is 53.9 Å². The zero-order valence-electron chi connectivity index (χ0n) is 22.1. The molecule has 0 amide bonds. The summed E-state index contributed by atoms with van der Waals surface area (Å²) in [5.41, 5.74) is 2.17. The minimum atomic E-state index is -4.83. The van der Waals surface area contributed by atoms with E-state index in [1.165, 1.54) is 23.5 Å². The molecule has 2 aromatic carbocycles. The van der Waals surface area contributed by atoms with Crippen LogP contribution in [-0.4, -0.2) is 45.8 Å². The maximum absolute atomic E-state index is 13.1. The third-order valence-electron chi connectivity index (χ3n) is 8.19. The van der Waals surface area contributed by atoms with Crippen molar-refractivity contribution < 1.29 is 37.1 Å². The highest BCUT2D eigenvalue weighted by Gasteiger charge is 2.43. The number of benzene rings is 2. The highest BCUT2D eigenvalue weighted by atomic mass is 79.9. The molecule has 1 N–H and O–H groups in total. The average molecular weight is 664 g/mol. The van der Waals surface area contributed by atoms with Gasteiger partial charge in [-0.1, -0.05) is 28.6 Å². The molecule has 13 heteroatoms. The summed E-state index contributed by atoms with van der Waals surface area (Å²) >= 11 is 4.97. The second-order valence-corrected chi connectivity index (χ2v) is 12.9. The zero-order valence-corrected chi connectivity index (χ0v) is 24.5. The van der Waals surface area contributed by atoms with Gasteiger partial charge in [-0.3, -0.25) is 0 Å². The molecule has 2 bridgehead atoms. The van der Waals surface area contributed by atoms with Crippen LogP contribution >= 0.6 is 27.3 Å². The molecule has 42 heavy (non-hydrogen) atoms. The van der Waals surface area contributed by atoms with Gasteiger partial charge in [0.05, 0.1) is 28.5 Å². The van der Waals surface area contributed by atoms with E-state index in [1.54, 1.807) is 24.3 Å². The van der Waals surface area contributed by atoms with Crippen LogP contribution in [0.15, 0.2) is 45.4 Å². The first kappa shape index (κ1) is 27.7. The second-order valence-electron chi connectivity index (χ2n) is 11.0. The first-order chi connectivity index (χ1) is 20.1. The number of anilines is 1. The lowest BCUT2D eigenvalue weighted by Gasteiger charge is -2.38. The summed E-state index contributed by atoms with van der Waals surface area (Å²) in [5, 5.41) is 14.5. The number of ether oxygens (including phenoxy) is 2. The van der Waals surface area contributed by atoms with Crippen LogP contribution in [-0.2, 0) is 11.3 Å². The molecular weight excluding hydrogens is 639 g/mol. The SMILES string of the molecule is O=C(O)c1cc(Br)c2nc(N3[C@@H]4CC[C@H]3CC(OCc3c(-c5ccccc5OC(F)(F)F)noc3C3CC3)C4)sc2c1. The third kappa shape index (κ3) is 5.26. The summed E-state index contributed by atoms with van der Waals surface area (Å²) in [6.45, 7) is 0.182. The molecule has 0 radical (unpaired) electrons. The molecule has 220 valence electrons. The van der Waals surface area contributed by atoms with Gasteiger partial charge in [0.25, 0.3) is 0 Å². The molecule has 3 aliphatic rings. The molecule has 2 aliphatic heterocycles. The van der Waals surface area contributed by atoms with Crippen LogP contribution in [0.1, 0.15) is 66.1 Å². The maximum atomic E-state index is 13.1. The molecule has 0 spiro atoms. The Bertz CT molecular complexity index is 1660. The quantitative estimate of drug-likeness (QED) is 0.203. The number of carboxylic acid groups (broad SMARTS) is 1. The van der Waals surface area contributed by atoms with E-state index in [2.05, 4.69) is 30.7 Å². The van der Waals surface area contributed by atoms with Crippen LogP contribution in [0, 0.1) is 0 Å². The van der Waals surface area contributed by atoms with Crippen LogP contribution in [0.5, 0.6) is 5.75 Å². The topological polar surface area (TPSA) is 97.9 Å². The summed E-state index contributed by atoms with van der Waals surface area (Å²) in [7, 11) is 0. The Balaban J connectivity index is 1.10. The molecule has 3 atom stereocenters. The number of alkyl halides is 3. The van der Waals surface area contributed by atoms with Gasteiger partial charge in [-0.05, 0) is 78.7 Å². The number of carboxylic acids is 1. The lowest BCUT2D eigenvalue weighted by atomic mass is 10.00. The number of halogens is 4. The van der Waals surface area contributed by atoms with Gasteiger partial charge in [0.2, 0.25) is 0 Å². The van der Waals surface area contributed by atoms with Crippen molar-refractivity contribution >= 4 is 48.6 Å². The maximum Gasteiger partial charge on any atom is 0.573 e. The molecular formula is C29H25BrF3N3O5S. The highest BCUT2D eigenvalue weighted by Crippen LogP contribution is 2.47. The number of rotatable bonds is 8. The Morgan fingerprint density at radius 1 is 1.14 bits per heavy atom. The predicted molar refractivity (Wildman–Crippen MR) is 152 cm³/mol. The van der Waals surface area contributed by atoms with Crippen molar-refractivity contribution in [3.05, 3.63) is 57.8 Å². The fourth-order valence-corrected chi connectivity index (χ4v) is 8.06. The van der Waals surface area contributed by atoms with Crippen molar-refractivity contribution in [3.63, 3.8) is 0 Å². The van der Waals surface area contributed by atoms with Crippen LogP contribution < -0.4 is 9.64 Å². The minimum absolute atomic E-state index is 0.0463. The lowest BCUT2D eigenvalue weighted by Crippen LogP contribution is -2.45. The fraction of sp³-hybridized carbons (Fsp3) is 0.414. The van der Waals surface area contributed by atoms with Crippen LogP contribution in [0.2, 0.25) is 0 Å². The molecule has 1 saturated carbocycles. The summed E-state index contributed by atoms with van der Waals surface area (Å²) in [4.78, 5) is 18.7. The van der Waals surface area contributed by atoms with Gasteiger partial charge in [0.1, 0.15) is 17.2 Å². The number of nitrogens with zero attached hydrogens (tertiary/aromatic N) is 3. The summed E-state index contributed by atoms with van der Waals surface area (Å²) in [6, 6.07) is 9.63. The Morgan fingerprint density at radius 3 is 2.57 bits per heavy atom. The number of aromatic nitrogens is 2. The van der Waals surface area contributed by atoms with E-state index < -0.39 is 12.3 Å². The predicted octanol–water partition coefficient (Wildman–Crippen LogP) is 7.90. The normalized spacial score (nSPS) is 22.2. The van der Waals surface area contributed by atoms with E-state index in [9.17, 15) is 23.1 Å². The molecule has 8 nitrogen and oxygen atoms in total. The van der Waals surface area contributed by atoms with E-state index in [1.807, 2.05) is 0 Å². The van der Waals surface area contributed by atoms with Gasteiger partial charge in [-0.15, -0.1) is 13.2 Å². The summed E-state index contributed by atoms with van der Waals surface area (Å²) in [5.74, 6) is -0.444. The number of hydrogen-bond acceptors (Lipinski definition) is 8. The number of piperidine rings is 1. The molecule has 2 saturated heterocycles. The molecule has 7 rings (SSSR count). The number of aromatic carboxylic acids is 1. The monoisotopic (exact) mass is 663 g/mol.